The highest BCUT2D eigenvalue weighted by Crippen LogP contribution is 2.27. The van der Waals surface area contributed by atoms with Crippen molar-refractivity contribution in [3.05, 3.63) is 47.6 Å². The summed E-state index contributed by atoms with van der Waals surface area (Å²) in [6.45, 7) is 0.768. The van der Waals surface area contributed by atoms with Crippen molar-refractivity contribution in [2.75, 3.05) is 6.61 Å². The van der Waals surface area contributed by atoms with Crippen molar-refractivity contribution in [1.82, 2.24) is 10.1 Å². The Balaban J connectivity index is 0.00000147. The molecule has 20 heavy (non-hydrogen) atoms. The van der Waals surface area contributed by atoms with Crippen LogP contribution in [0.25, 0.3) is 0 Å². The van der Waals surface area contributed by atoms with E-state index in [1.807, 2.05) is 30.3 Å². The summed E-state index contributed by atoms with van der Waals surface area (Å²) in [5.74, 6) is 1.10. The van der Waals surface area contributed by atoms with E-state index >= 15 is 0 Å². The third kappa shape index (κ3) is 3.36. The van der Waals surface area contributed by atoms with Crippen LogP contribution < -0.4 is 5.73 Å². The summed E-state index contributed by atoms with van der Waals surface area (Å²) in [5.41, 5.74) is 7.26. The number of rotatable bonds is 4. The fourth-order valence-corrected chi connectivity index (χ4v) is 2.27. The molecule has 0 radical (unpaired) electrons. The zero-order valence-electron chi connectivity index (χ0n) is 11.1. The zero-order valence-corrected chi connectivity index (χ0v) is 11.9. The summed E-state index contributed by atoms with van der Waals surface area (Å²) in [7, 11) is 0. The molecule has 0 saturated carbocycles. The maximum atomic E-state index is 6.10. The molecule has 6 heteroatoms. The van der Waals surface area contributed by atoms with Gasteiger partial charge in [0.05, 0.1) is 6.04 Å². The minimum atomic E-state index is -0.273. The molecule has 0 spiro atoms. The van der Waals surface area contributed by atoms with Crippen LogP contribution in [0.3, 0.4) is 0 Å². The second-order valence-electron chi connectivity index (χ2n) is 4.79. The fourth-order valence-electron chi connectivity index (χ4n) is 2.27. The van der Waals surface area contributed by atoms with Gasteiger partial charge in [0.2, 0.25) is 11.7 Å². The van der Waals surface area contributed by atoms with E-state index < -0.39 is 0 Å². The van der Waals surface area contributed by atoms with Gasteiger partial charge in [-0.25, -0.2) is 0 Å². The number of nitrogens with two attached hydrogens (primary N) is 1. The molecule has 0 amide bonds. The lowest BCUT2D eigenvalue weighted by Gasteiger charge is -2.06. The number of nitrogens with zero attached hydrogens (tertiary/aromatic N) is 2. The molecule has 0 aliphatic carbocycles. The summed E-state index contributed by atoms with van der Waals surface area (Å²) < 4.78 is 10.8. The lowest BCUT2D eigenvalue weighted by atomic mass is 10.1. The summed E-state index contributed by atoms with van der Waals surface area (Å²) in [6.07, 6.45) is 2.66. The van der Waals surface area contributed by atoms with Crippen LogP contribution in [0.4, 0.5) is 0 Å². The second-order valence-corrected chi connectivity index (χ2v) is 4.79. The van der Waals surface area contributed by atoms with Crippen LogP contribution in [0.2, 0.25) is 0 Å². The molecule has 0 bridgehead atoms. The van der Waals surface area contributed by atoms with E-state index in [4.69, 9.17) is 15.0 Å². The second kappa shape index (κ2) is 6.83. The molecule has 1 fully saturated rings. The topological polar surface area (TPSA) is 74.2 Å². The van der Waals surface area contributed by atoms with E-state index in [-0.39, 0.29) is 24.6 Å². The van der Waals surface area contributed by atoms with E-state index in [2.05, 4.69) is 10.1 Å². The van der Waals surface area contributed by atoms with Gasteiger partial charge in [-0.15, -0.1) is 12.4 Å². The normalized spacial score (nSPS) is 19.6. The van der Waals surface area contributed by atoms with Gasteiger partial charge in [0.1, 0.15) is 6.10 Å². The van der Waals surface area contributed by atoms with Crippen LogP contribution in [0.15, 0.2) is 34.9 Å². The predicted octanol–water partition coefficient (Wildman–Crippen LogP) is 2.59. The van der Waals surface area contributed by atoms with Crippen LogP contribution in [-0.2, 0) is 11.2 Å². The molecule has 1 aliphatic heterocycles. The van der Waals surface area contributed by atoms with Gasteiger partial charge in [-0.1, -0.05) is 35.5 Å². The highest BCUT2D eigenvalue weighted by Gasteiger charge is 2.24. The molecule has 1 aliphatic rings. The van der Waals surface area contributed by atoms with Crippen molar-refractivity contribution in [2.24, 2.45) is 5.73 Å². The lowest BCUT2D eigenvalue weighted by Crippen LogP contribution is -2.14. The van der Waals surface area contributed by atoms with Gasteiger partial charge in [-0.2, -0.15) is 4.98 Å². The van der Waals surface area contributed by atoms with Gasteiger partial charge >= 0.3 is 0 Å². The number of hydrogen-bond donors (Lipinski definition) is 1. The summed E-state index contributed by atoms with van der Waals surface area (Å²) >= 11 is 0. The van der Waals surface area contributed by atoms with Gasteiger partial charge in [-0.05, 0) is 24.8 Å². The maximum absolute atomic E-state index is 6.10. The van der Waals surface area contributed by atoms with Gasteiger partial charge in [-0.3, -0.25) is 0 Å². The van der Waals surface area contributed by atoms with Crippen LogP contribution in [0.1, 0.15) is 42.3 Å². The molecule has 1 aromatic heterocycles. The van der Waals surface area contributed by atoms with E-state index in [0.717, 1.165) is 25.0 Å². The Hall–Kier alpha value is -1.43. The highest BCUT2D eigenvalue weighted by atomic mass is 35.5. The Morgan fingerprint density at radius 3 is 2.80 bits per heavy atom. The first-order valence-electron chi connectivity index (χ1n) is 6.57. The predicted molar refractivity (Wildman–Crippen MR) is 76.5 cm³/mol. The molecular weight excluding hydrogens is 278 g/mol. The van der Waals surface area contributed by atoms with Crippen molar-refractivity contribution in [3.63, 3.8) is 0 Å². The van der Waals surface area contributed by atoms with Gasteiger partial charge in [0.15, 0.2) is 0 Å². The average molecular weight is 296 g/mol. The molecule has 2 atom stereocenters. The smallest absolute Gasteiger partial charge is 0.243 e. The minimum absolute atomic E-state index is 0. The molecular formula is C14H18ClN3O2. The highest BCUT2D eigenvalue weighted by molar-refractivity contribution is 5.85. The summed E-state index contributed by atoms with van der Waals surface area (Å²) in [4.78, 5) is 4.36. The largest absolute Gasteiger partial charge is 0.370 e. The number of aromatic nitrogens is 2. The Kier molecular flexibility index (Phi) is 5.11. The molecule has 3 rings (SSSR count). The van der Waals surface area contributed by atoms with E-state index in [1.54, 1.807) is 0 Å². The number of benzene rings is 1. The van der Waals surface area contributed by atoms with Gasteiger partial charge < -0.3 is 15.0 Å². The number of halogens is 1. The minimum Gasteiger partial charge on any atom is -0.370 e. The Morgan fingerprint density at radius 2 is 2.10 bits per heavy atom. The van der Waals surface area contributed by atoms with Crippen molar-refractivity contribution in [3.8, 4) is 0 Å². The molecule has 5 nitrogen and oxygen atoms in total. The van der Waals surface area contributed by atoms with E-state index in [1.165, 1.54) is 0 Å². The molecule has 108 valence electrons. The third-order valence-corrected chi connectivity index (χ3v) is 3.29. The first-order chi connectivity index (χ1) is 9.33. The van der Waals surface area contributed by atoms with Crippen LogP contribution >= 0.6 is 12.4 Å². The third-order valence-electron chi connectivity index (χ3n) is 3.29. The van der Waals surface area contributed by atoms with E-state index in [9.17, 15) is 0 Å². The zero-order chi connectivity index (χ0) is 13.1. The summed E-state index contributed by atoms with van der Waals surface area (Å²) in [5, 5.41) is 3.97. The Bertz CT molecular complexity index is 526. The number of ether oxygens (including phenoxy) is 1. The summed E-state index contributed by atoms with van der Waals surface area (Å²) in [6, 6.07) is 9.78. The van der Waals surface area contributed by atoms with E-state index in [0.29, 0.717) is 18.1 Å². The molecule has 2 heterocycles. The first-order valence-corrected chi connectivity index (χ1v) is 6.57. The van der Waals surface area contributed by atoms with Gasteiger partial charge in [0, 0.05) is 6.61 Å². The van der Waals surface area contributed by atoms with Crippen LogP contribution in [-0.4, -0.2) is 16.7 Å². The van der Waals surface area contributed by atoms with Crippen molar-refractivity contribution in [2.45, 2.75) is 31.4 Å². The average Bonchev–Trinajstić information content (AvgIpc) is 3.11. The van der Waals surface area contributed by atoms with Crippen molar-refractivity contribution >= 4 is 12.4 Å². The van der Waals surface area contributed by atoms with Crippen LogP contribution in [0.5, 0.6) is 0 Å². The first kappa shape index (κ1) is 15.0. The van der Waals surface area contributed by atoms with Crippen molar-refractivity contribution < 1.29 is 9.26 Å². The SMILES string of the molecule is Cl.NC(Cc1ccccc1)c1nc(C2CCCO2)no1. The molecule has 2 N–H and O–H groups in total. The quantitative estimate of drug-likeness (QED) is 0.938. The van der Waals surface area contributed by atoms with Crippen LogP contribution in [0, 0.1) is 0 Å². The molecule has 1 aromatic carbocycles. The Labute approximate surface area is 123 Å². The lowest BCUT2D eigenvalue weighted by molar-refractivity contribution is 0.103. The molecule has 2 aromatic rings. The van der Waals surface area contributed by atoms with Crippen molar-refractivity contribution in [1.29, 1.82) is 0 Å². The Morgan fingerprint density at radius 1 is 1.30 bits per heavy atom. The molecule has 1 saturated heterocycles. The maximum Gasteiger partial charge on any atom is 0.243 e. The molecule has 2 unspecified atom stereocenters. The standard InChI is InChI=1S/C14H17N3O2.ClH/c15-11(9-10-5-2-1-3-6-10)14-16-13(17-19-14)12-7-4-8-18-12;/h1-3,5-6,11-12H,4,7-9,15H2;1H. The fraction of sp³-hybridized carbons (Fsp3) is 0.429. The monoisotopic (exact) mass is 295 g/mol. The van der Waals surface area contributed by atoms with Gasteiger partial charge in [0.25, 0.3) is 0 Å². The number of hydrogen-bond acceptors (Lipinski definition) is 5.